The molecular weight excluding hydrogens is 350 g/mol. The van der Waals surface area contributed by atoms with Crippen LogP contribution in [0, 0.1) is 6.92 Å². The van der Waals surface area contributed by atoms with Crippen LogP contribution in [0.2, 0.25) is 0 Å². The van der Waals surface area contributed by atoms with Crippen molar-refractivity contribution in [2.45, 2.75) is 19.9 Å². The van der Waals surface area contributed by atoms with E-state index in [1.54, 1.807) is 19.4 Å². The summed E-state index contributed by atoms with van der Waals surface area (Å²) in [6.07, 6.45) is 2.56. The third-order valence-electron chi connectivity index (χ3n) is 4.45. The van der Waals surface area contributed by atoms with Crippen LogP contribution in [0.15, 0.2) is 66.9 Å². The van der Waals surface area contributed by atoms with Crippen molar-refractivity contribution in [3.8, 4) is 5.75 Å². The number of nitrogens with zero attached hydrogens (tertiary/aromatic N) is 1. The first-order valence-electron chi connectivity index (χ1n) is 9.30. The van der Waals surface area contributed by atoms with Gasteiger partial charge in [-0.3, -0.25) is 4.79 Å². The number of carbonyl (C=O) groups is 1. The van der Waals surface area contributed by atoms with Crippen LogP contribution in [-0.2, 0) is 13.0 Å². The van der Waals surface area contributed by atoms with Crippen molar-refractivity contribution in [2.75, 3.05) is 19.0 Å². The van der Waals surface area contributed by atoms with Crippen molar-refractivity contribution in [1.29, 1.82) is 0 Å². The molecule has 0 atom stereocenters. The molecule has 5 nitrogen and oxygen atoms in total. The Morgan fingerprint density at radius 1 is 1.04 bits per heavy atom. The third-order valence-corrected chi connectivity index (χ3v) is 4.45. The fourth-order valence-electron chi connectivity index (χ4n) is 2.79. The lowest BCUT2D eigenvalue weighted by Crippen LogP contribution is -2.23. The van der Waals surface area contributed by atoms with E-state index in [0.29, 0.717) is 12.2 Å². The molecule has 28 heavy (non-hydrogen) atoms. The number of methoxy groups -OCH3 is 1. The number of hydrogen-bond donors (Lipinski definition) is 2. The number of rotatable bonds is 8. The highest BCUT2D eigenvalue weighted by atomic mass is 16.5. The summed E-state index contributed by atoms with van der Waals surface area (Å²) in [4.78, 5) is 16.5. The fourth-order valence-corrected chi connectivity index (χ4v) is 2.79. The minimum Gasteiger partial charge on any atom is -0.497 e. The second-order valence-electron chi connectivity index (χ2n) is 6.63. The summed E-state index contributed by atoms with van der Waals surface area (Å²) >= 11 is 0. The van der Waals surface area contributed by atoms with E-state index in [1.807, 2.05) is 55.5 Å². The molecule has 0 saturated heterocycles. The summed E-state index contributed by atoms with van der Waals surface area (Å²) in [5.41, 5.74) is 4.76. The predicted molar refractivity (Wildman–Crippen MR) is 112 cm³/mol. The molecule has 1 heterocycles. The van der Waals surface area contributed by atoms with Gasteiger partial charge in [-0.15, -0.1) is 0 Å². The molecule has 0 radical (unpaired) electrons. The number of aryl methyl sites for hydroxylation is 1. The van der Waals surface area contributed by atoms with Gasteiger partial charge in [0.15, 0.2) is 0 Å². The normalized spacial score (nSPS) is 10.4. The lowest BCUT2D eigenvalue weighted by atomic mass is 10.1. The molecule has 0 fully saturated rings. The van der Waals surface area contributed by atoms with E-state index in [-0.39, 0.29) is 5.91 Å². The number of ether oxygens (including phenoxy) is 1. The van der Waals surface area contributed by atoms with Crippen molar-refractivity contribution < 1.29 is 9.53 Å². The molecule has 0 spiro atoms. The number of carbonyl (C=O) groups excluding carboxylic acids is 1. The van der Waals surface area contributed by atoms with Crippen LogP contribution in [0.3, 0.4) is 0 Å². The Balaban J connectivity index is 1.47. The monoisotopic (exact) mass is 375 g/mol. The molecule has 0 unspecified atom stereocenters. The van der Waals surface area contributed by atoms with Gasteiger partial charge >= 0.3 is 0 Å². The predicted octanol–water partition coefficient (Wildman–Crippen LogP) is 3.98. The number of amides is 1. The maximum atomic E-state index is 12.2. The molecule has 0 aliphatic rings. The van der Waals surface area contributed by atoms with Crippen LogP contribution in [0.4, 0.5) is 5.69 Å². The van der Waals surface area contributed by atoms with Gasteiger partial charge in [-0.1, -0.05) is 42.0 Å². The number of benzene rings is 2. The summed E-state index contributed by atoms with van der Waals surface area (Å²) in [6, 6.07) is 19.7. The standard InChI is InChI=1S/C23H25N3O2/c1-17-6-8-19(9-7-17)15-26-23(27)22-11-10-20(16-25-22)24-13-12-18-4-3-5-21(14-18)28-2/h3-11,14,16,24H,12-13,15H2,1-2H3,(H,26,27). The average molecular weight is 375 g/mol. The first-order chi connectivity index (χ1) is 13.6. The molecule has 5 heteroatoms. The Labute approximate surface area is 165 Å². The molecule has 0 bridgehead atoms. The average Bonchev–Trinajstić information content (AvgIpc) is 2.74. The largest absolute Gasteiger partial charge is 0.497 e. The van der Waals surface area contributed by atoms with Gasteiger partial charge in [0.2, 0.25) is 0 Å². The molecule has 3 aromatic rings. The van der Waals surface area contributed by atoms with Gasteiger partial charge in [-0.25, -0.2) is 4.98 Å². The summed E-state index contributed by atoms with van der Waals surface area (Å²) in [5.74, 6) is 0.684. The zero-order chi connectivity index (χ0) is 19.8. The van der Waals surface area contributed by atoms with Gasteiger partial charge in [0, 0.05) is 13.1 Å². The Morgan fingerprint density at radius 3 is 2.57 bits per heavy atom. The highest BCUT2D eigenvalue weighted by Gasteiger charge is 2.07. The van der Waals surface area contributed by atoms with Crippen molar-refractivity contribution >= 4 is 11.6 Å². The van der Waals surface area contributed by atoms with E-state index in [2.05, 4.69) is 21.7 Å². The van der Waals surface area contributed by atoms with E-state index in [1.165, 1.54) is 11.1 Å². The summed E-state index contributed by atoms with van der Waals surface area (Å²) in [7, 11) is 1.67. The van der Waals surface area contributed by atoms with Crippen LogP contribution < -0.4 is 15.4 Å². The maximum Gasteiger partial charge on any atom is 0.270 e. The first-order valence-corrected chi connectivity index (χ1v) is 9.30. The van der Waals surface area contributed by atoms with Crippen LogP contribution in [0.5, 0.6) is 5.75 Å². The molecule has 1 amide bonds. The topological polar surface area (TPSA) is 63.2 Å². The van der Waals surface area contributed by atoms with E-state index in [0.717, 1.165) is 30.0 Å². The van der Waals surface area contributed by atoms with Gasteiger partial charge in [0.05, 0.1) is 19.0 Å². The van der Waals surface area contributed by atoms with E-state index < -0.39 is 0 Å². The SMILES string of the molecule is COc1cccc(CCNc2ccc(C(=O)NCc3ccc(C)cc3)nc2)c1. The van der Waals surface area contributed by atoms with Crippen molar-refractivity contribution in [3.05, 3.63) is 89.2 Å². The first kappa shape index (κ1) is 19.4. The van der Waals surface area contributed by atoms with Gasteiger partial charge < -0.3 is 15.4 Å². The Bertz CT molecular complexity index is 906. The lowest BCUT2D eigenvalue weighted by Gasteiger charge is -2.09. The second kappa shape index (κ2) is 9.55. The molecule has 2 N–H and O–H groups in total. The fraction of sp³-hybridized carbons (Fsp3) is 0.217. The molecule has 144 valence electrons. The number of aromatic nitrogens is 1. The molecule has 0 aliphatic heterocycles. The maximum absolute atomic E-state index is 12.2. The Kier molecular flexibility index (Phi) is 6.63. The van der Waals surface area contributed by atoms with E-state index in [9.17, 15) is 4.79 Å². The smallest absolute Gasteiger partial charge is 0.270 e. The van der Waals surface area contributed by atoms with Gasteiger partial charge in [0.1, 0.15) is 11.4 Å². The molecule has 1 aromatic heterocycles. The quantitative estimate of drug-likeness (QED) is 0.625. The van der Waals surface area contributed by atoms with E-state index >= 15 is 0 Å². The number of pyridine rings is 1. The summed E-state index contributed by atoms with van der Waals surface area (Å²) in [5, 5.41) is 6.22. The van der Waals surface area contributed by atoms with Gasteiger partial charge in [0.25, 0.3) is 5.91 Å². The summed E-state index contributed by atoms with van der Waals surface area (Å²) in [6.45, 7) is 3.30. The molecular formula is C23H25N3O2. The summed E-state index contributed by atoms with van der Waals surface area (Å²) < 4.78 is 5.24. The van der Waals surface area contributed by atoms with Crippen LogP contribution in [0.25, 0.3) is 0 Å². The highest BCUT2D eigenvalue weighted by Crippen LogP contribution is 2.13. The number of hydrogen-bond acceptors (Lipinski definition) is 4. The van der Waals surface area contributed by atoms with Crippen molar-refractivity contribution in [3.63, 3.8) is 0 Å². The molecule has 2 aromatic carbocycles. The molecule has 0 aliphatic carbocycles. The Hall–Kier alpha value is -3.34. The Morgan fingerprint density at radius 2 is 1.86 bits per heavy atom. The van der Waals surface area contributed by atoms with Gasteiger partial charge in [-0.2, -0.15) is 0 Å². The third kappa shape index (κ3) is 5.58. The van der Waals surface area contributed by atoms with Crippen LogP contribution in [0.1, 0.15) is 27.2 Å². The second-order valence-corrected chi connectivity index (χ2v) is 6.63. The minimum atomic E-state index is -0.177. The van der Waals surface area contributed by atoms with Crippen LogP contribution in [-0.4, -0.2) is 24.5 Å². The van der Waals surface area contributed by atoms with Crippen LogP contribution >= 0.6 is 0 Å². The molecule has 3 rings (SSSR count). The zero-order valence-corrected chi connectivity index (χ0v) is 16.2. The van der Waals surface area contributed by atoms with Crippen molar-refractivity contribution in [1.82, 2.24) is 10.3 Å². The number of nitrogens with one attached hydrogen (secondary N) is 2. The minimum absolute atomic E-state index is 0.177. The zero-order valence-electron chi connectivity index (χ0n) is 16.2. The van der Waals surface area contributed by atoms with E-state index in [4.69, 9.17) is 4.74 Å². The number of anilines is 1. The van der Waals surface area contributed by atoms with Gasteiger partial charge in [-0.05, 0) is 48.7 Å². The lowest BCUT2D eigenvalue weighted by molar-refractivity contribution is 0.0946. The highest BCUT2D eigenvalue weighted by molar-refractivity contribution is 5.92. The van der Waals surface area contributed by atoms with Crippen molar-refractivity contribution in [2.24, 2.45) is 0 Å². The molecule has 0 saturated carbocycles.